The van der Waals surface area contributed by atoms with Crippen molar-refractivity contribution in [1.82, 2.24) is 9.55 Å². The van der Waals surface area contributed by atoms with E-state index in [9.17, 15) is 14.4 Å². The summed E-state index contributed by atoms with van der Waals surface area (Å²) < 4.78 is 12.1. The average Bonchev–Trinajstić information content (AvgIpc) is 2.71. The molecule has 3 N–H and O–H groups in total. The zero-order chi connectivity index (χ0) is 23.8. The van der Waals surface area contributed by atoms with Crippen LogP contribution in [0.15, 0.2) is 27.8 Å². The molecule has 2 rings (SSSR count). The standard InChI is InChI=1S/C22H31ClN4O5/c1-14(2)13-27-20(24)19(21(29)25-22(27)30)26(9-11-31-4)18(28)6-5-10-32-17-8-7-16(23)12-15(17)3/h7-8,12,14H,5-6,9-11,13,24H2,1-4H3,(H,25,29,30). The first kappa shape index (κ1) is 25.5. The number of carbonyl (C=O) groups excluding carboxylic acids is 1. The monoisotopic (exact) mass is 466 g/mol. The first-order chi connectivity index (χ1) is 15.1. The van der Waals surface area contributed by atoms with E-state index in [1.165, 1.54) is 16.6 Å². The fourth-order valence-corrected chi connectivity index (χ4v) is 3.47. The van der Waals surface area contributed by atoms with E-state index >= 15 is 0 Å². The minimum absolute atomic E-state index is 0.0371. The lowest BCUT2D eigenvalue weighted by Gasteiger charge is -2.24. The molecule has 1 aromatic heterocycles. The van der Waals surface area contributed by atoms with E-state index in [1.54, 1.807) is 18.2 Å². The third-order valence-electron chi connectivity index (χ3n) is 4.78. The summed E-state index contributed by atoms with van der Waals surface area (Å²) >= 11 is 5.95. The van der Waals surface area contributed by atoms with Gasteiger partial charge in [0, 0.05) is 31.6 Å². The molecule has 9 nitrogen and oxygen atoms in total. The van der Waals surface area contributed by atoms with Gasteiger partial charge in [-0.1, -0.05) is 25.4 Å². The van der Waals surface area contributed by atoms with Gasteiger partial charge in [-0.15, -0.1) is 0 Å². The lowest BCUT2D eigenvalue weighted by molar-refractivity contribution is -0.119. The van der Waals surface area contributed by atoms with Gasteiger partial charge >= 0.3 is 5.69 Å². The molecule has 0 radical (unpaired) electrons. The SMILES string of the molecule is COCCN(C(=O)CCCOc1ccc(Cl)cc1C)c1c(N)n(CC(C)C)c(=O)[nH]c1=O. The van der Waals surface area contributed by atoms with Crippen LogP contribution in [0.1, 0.15) is 32.3 Å². The van der Waals surface area contributed by atoms with Crippen LogP contribution in [0.3, 0.4) is 0 Å². The number of nitrogens with two attached hydrogens (primary N) is 1. The molecule has 0 saturated heterocycles. The number of amides is 1. The van der Waals surface area contributed by atoms with E-state index in [-0.39, 0.29) is 42.9 Å². The van der Waals surface area contributed by atoms with E-state index < -0.39 is 11.2 Å². The number of anilines is 2. The van der Waals surface area contributed by atoms with E-state index in [1.807, 2.05) is 20.8 Å². The summed E-state index contributed by atoms with van der Waals surface area (Å²) in [6, 6.07) is 5.32. The first-order valence-corrected chi connectivity index (χ1v) is 10.8. The van der Waals surface area contributed by atoms with Gasteiger partial charge < -0.3 is 20.1 Å². The summed E-state index contributed by atoms with van der Waals surface area (Å²) in [4.78, 5) is 41.3. The number of carbonyl (C=O) groups is 1. The van der Waals surface area contributed by atoms with Gasteiger partial charge in [0.2, 0.25) is 5.91 Å². The number of halogens is 1. The van der Waals surface area contributed by atoms with Gasteiger partial charge in [0.25, 0.3) is 5.56 Å². The minimum Gasteiger partial charge on any atom is -0.493 e. The first-order valence-electron chi connectivity index (χ1n) is 10.5. The molecule has 2 aromatic rings. The number of aromatic amines is 1. The summed E-state index contributed by atoms with van der Waals surface area (Å²) in [5, 5.41) is 0.625. The summed E-state index contributed by atoms with van der Waals surface area (Å²) in [6.07, 6.45) is 0.548. The number of nitrogens with zero attached hydrogens (tertiary/aromatic N) is 2. The maximum absolute atomic E-state index is 13.0. The molecule has 0 spiro atoms. The van der Waals surface area contributed by atoms with Crippen molar-refractivity contribution in [3.63, 3.8) is 0 Å². The number of methoxy groups -OCH3 is 1. The normalized spacial score (nSPS) is 11.1. The smallest absolute Gasteiger partial charge is 0.330 e. The van der Waals surface area contributed by atoms with Gasteiger partial charge in [0.05, 0.1) is 13.2 Å². The fraction of sp³-hybridized carbons (Fsp3) is 0.500. The van der Waals surface area contributed by atoms with Crippen LogP contribution >= 0.6 is 11.6 Å². The number of hydrogen-bond acceptors (Lipinski definition) is 6. The molecular formula is C22H31ClN4O5. The van der Waals surface area contributed by atoms with Gasteiger partial charge in [0.15, 0.2) is 5.69 Å². The van der Waals surface area contributed by atoms with Crippen LogP contribution in [0.2, 0.25) is 5.02 Å². The number of aromatic nitrogens is 2. The highest BCUT2D eigenvalue weighted by Gasteiger charge is 2.24. The minimum atomic E-state index is -0.704. The highest BCUT2D eigenvalue weighted by atomic mass is 35.5. The lowest BCUT2D eigenvalue weighted by atomic mass is 10.2. The van der Waals surface area contributed by atoms with Crippen LogP contribution in [-0.2, 0) is 16.1 Å². The molecule has 32 heavy (non-hydrogen) atoms. The van der Waals surface area contributed by atoms with Crippen LogP contribution < -0.4 is 26.6 Å². The number of nitrogen functional groups attached to an aromatic ring is 1. The Morgan fingerprint density at radius 1 is 1.28 bits per heavy atom. The molecule has 0 unspecified atom stereocenters. The predicted molar refractivity (Wildman–Crippen MR) is 126 cm³/mol. The molecule has 0 atom stereocenters. The second-order valence-corrected chi connectivity index (χ2v) is 8.33. The number of benzene rings is 1. The van der Waals surface area contributed by atoms with Crippen LogP contribution in [0.25, 0.3) is 0 Å². The van der Waals surface area contributed by atoms with Gasteiger partial charge in [-0.3, -0.25) is 19.1 Å². The number of aryl methyl sites for hydroxylation is 1. The molecule has 1 amide bonds. The molecule has 0 aliphatic rings. The molecular weight excluding hydrogens is 436 g/mol. The van der Waals surface area contributed by atoms with Crippen molar-refractivity contribution < 1.29 is 14.3 Å². The van der Waals surface area contributed by atoms with Crippen molar-refractivity contribution in [2.75, 3.05) is 37.5 Å². The molecule has 1 heterocycles. The molecule has 0 bridgehead atoms. The Morgan fingerprint density at radius 2 is 2.00 bits per heavy atom. The zero-order valence-electron chi connectivity index (χ0n) is 18.9. The molecule has 0 aliphatic carbocycles. The van der Waals surface area contributed by atoms with Crippen LogP contribution in [0, 0.1) is 12.8 Å². The van der Waals surface area contributed by atoms with Crippen molar-refractivity contribution in [3.8, 4) is 5.75 Å². The van der Waals surface area contributed by atoms with Crippen molar-refractivity contribution in [1.29, 1.82) is 0 Å². The highest BCUT2D eigenvalue weighted by molar-refractivity contribution is 6.30. The van der Waals surface area contributed by atoms with E-state index in [2.05, 4.69) is 4.98 Å². The fourth-order valence-electron chi connectivity index (χ4n) is 3.24. The molecule has 176 valence electrons. The molecule has 0 saturated carbocycles. The van der Waals surface area contributed by atoms with Crippen molar-refractivity contribution in [3.05, 3.63) is 49.6 Å². The average molecular weight is 467 g/mol. The Bertz CT molecular complexity index is 1050. The Hall–Kier alpha value is -2.78. The van der Waals surface area contributed by atoms with Gasteiger partial charge in [-0.25, -0.2) is 4.79 Å². The van der Waals surface area contributed by atoms with Crippen LogP contribution in [-0.4, -0.2) is 42.3 Å². The van der Waals surface area contributed by atoms with Gasteiger partial charge in [-0.05, 0) is 43.0 Å². The van der Waals surface area contributed by atoms with Crippen molar-refractivity contribution in [2.24, 2.45) is 5.92 Å². The maximum Gasteiger partial charge on any atom is 0.330 e. The number of ether oxygens (including phenoxy) is 2. The van der Waals surface area contributed by atoms with Gasteiger partial charge in [0.1, 0.15) is 11.6 Å². The molecule has 1 aromatic carbocycles. The highest BCUT2D eigenvalue weighted by Crippen LogP contribution is 2.22. The molecule has 10 heteroatoms. The third kappa shape index (κ3) is 6.61. The Kier molecular flexibility index (Phi) is 9.34. The molecule has 0 fully saturated rings. The van der Waals surface area contributed by atoms with E-state index in [0.717, 1.165) is 5.56 Å². The Morgan fingerprint density at radius 3 is 2.62 bits per heavy atom. The Labute approximate surface area is 192 Å². The van der Waals surface area contributed by atoms with E-state index in [4.69, 9.17) is 26.8 Å². The number of rotatable bonds is 11. The number of H-pyrrole nitrogens is 1. The predicted octanol–water partition coefficient (Wildman–Crippen LogP) is 2.58. The topological polar surface area (TPSA) is 120 Å². The number of hydrogen-bond donors (Lipinski definition) is 2. The largest absolute Gasteiger partial charge is 0.493 e. The second-order valence-electron chi connectivity index (χ2n) is 7.90. The quantitative estimate of drug-likeness (QED) is 0.491. The summed E-state index contributed by atoms with van der Waals surface area (Å²) in [5.41, 5.74) is 5.73. The summed E-state index contributed by atoms with van der Waals surface area (Å²) in [7, 11) is 1.50. The lowest BCUT2D eigenvalue weighted by Crippen LogP contribution is -2.42. The van der Waals surface area contributed by atoms with Crippen LogP contribution in [0.4, 0.5) is 11.5 Å². The van der Waals surface area contributed by atoms with Crippen LogP contribution in [0.5, 0.6) is 5.75 Å². The van der Waals surface area contributed by atoms with Crippen molar-refractivity contribution >= 4 is 29.0 Å². The van der Waals surface area contributed by atoms with Crippen molar-refractivity contribution in [2.45, 2.75) is 40.2 Å². The number of nitrogens with one attached hydrogen (secondary N) is 1. The summed E-state index contributed by atoms with van der Waals surface area (Å²) in [6.45, 7) is 6.69. The summed E-state index contributed by atoms with van der Waals surface area (Å²) in [5.74, 6) is 0.459. The maximum atomic E-state index is 13.0. The zero-order valence-corrected chi connectivity index (χ0v) is 19.7. The third-order valence-corrected chi connectivity index (χ3v) is 5.02. The Balaban J connectivity index is 2.17. The molecule has 0 aliphatic heterocycles. The second kappa shape index (κ2) is 11.7. The van der Waals surface area contributed by atoms with Gasteiger partial charge in [-0.2, -0.15) is 0 Å². The van der Waals surface area contributed by atoms with E-state index in [0.29, 0.717) is 30.3 Å².